The summed E-state index contributed by atoms with van der Waals surface area (Å²) in [6, 6.07) is 5.31. The lowest BCUT2D eigenvalue weighted by molar-refractivity contribution is 0.433. The van der Waals surface area contributed by atoms with Gasteiger partial charge in [-0.3, -0.25) is 0 Å². The smallest absolute Gasteiger partial charge is 0.129 e. The second-order valence-electron chi connectivity index (χ2n) is 5.47. The summed E-state index contributed by atoms with van der Waals surface area (Å²) in [5.74, 6) is 0.586. The molecule has 0 spiro atoms. The highest BCUT2D eigenvalue weighted by Gasteiger charge is 2.17. The lowest BCUT2D eigenvalue weighted by atomic mass is 9.97. The van der Waals surface area contributed by atoms with E-state index in [1.165, 1.54) is 6.42 Å². The Balaban J connectivity index is 2.77. The van der Waals surface area contributed by atoms with Crippen LogP contribution >= 0.6 is 15.9 Å². The first-order chi connectivity index (χ1) is 9.06. The van der Waals surface area contributed by atoms with Crippen molar-refractivity contribution in [2.45, 2.75) is 52.5 Å². The van der Waals surface area contributed by atoms with Crippen LogP contribution in [0, 0.1) is 11.7 Å². The van der Waals surface area contributed by atoms with Gasteiger partial charge in [-0.05, 0) is 37.4 Å². The van der Waals surface area contributed by atoms with E-state index >= 15 is 0 Å². The summed E-state index contributed by atoms with van der Waals surface area (Å²) in [4.78, 5) is 0. The minimum absolute atomic E-state index is 0.106. The van der Waals surface area contributed by atoms with Crippen molar-refractivity contribution in [1.29, 1.82) is 0 Å². The van der Waals surface area contributed by atoms with Crippen molar-refractivity contribution in [3.05, 3.63) is 34.1 Å². The van der Waals surface area contributed by atoms with Crippen LogP contribution in [0.3, 0.4) is 0 Å². The van der Waals surface area contributed by atoms with Crippen LogP contribution in [-0.2, 0) is 0 Å². The van der Waals surface area contributed by atoms with Crippen LogP contribution in [0.2, 0.25) is 0 Å². The standard InChI is InChI=1S/C16H25BrFN/c1-4-11-19-15(10-5-7-12(2)3)16-13(17)8-6-9-14(16)18/h6,8-9,12,15,19H,4-5,7,10-11H2,1-3H3. The lowest BCUT2D eigenvalue weighted by Crippen LogP contribution is -2.23. The Morgan fingerprint density at radius 3 is 2.58 bits per heavy atom. The van der Waals surface area contributed by atoms with Crippen LogP contribution in [0.5, 0.6) is 0 Å². The van der Waals surface area contributed by atoms with Gasteiger partial charge in [-0.1, -0.05) is 55.6 Å². The third kappa shape index (κ3) is 5.62. The topological polar surface area (TPSA) is 12.0 Å². The third-order valence-corrected chi connectivity index (χ3v) is 3.95. The molecule has 1 nitrogen and oxygen atoms in total. The molecule has 1 unspecified atom stereocenters. The Labute approximate surface area is 125 Å². The first-order valence-corrected chi connectivity index (χ1v) is 8.02. The summed E-state index contributed by atoms with van der Waals surface area (Å²) >= 11 is 3.48. The number of benzene rings is 1. The molecule has 0 aliphatic rings. The van der Waals surface area contributed by atoms with Crippen molar-refractivity contribution in [2.24, 2.45) is 5.92 Å². The zero-order valence-electron chi connectivity index (χ0n) is 12.2. The van der Waals surface area contributed by atoms with E-state index in [1.54, 1.807) is 12.1 Å². The lowest BCUT2D eigenvalue weighted by Gasteiger charge is -2.21. The molecule has 19 heavy (non-hydrogen) atoms. The predicted octanol–water partition coefficient (Wildman–Crippen LogP) is 5.46. The Bertz CT molecular complexity index is 359. The van der Waals surface area contributed by atoms with Crippen LogP contribution in [0.15, 0.2) is 22.7 Å². The normalized spacial score (nSPS) is 12.9. The van der Waals surface area contributed by atoms with Gasteiger partial charge in [0.05, 0.1) is 0 Å². The highest BCUT2D eigenvalue weighted by atomic mass is 79.9. The van der Waals surface area contributed by atoms with Crippen LogP contribution in [0.25, 0.3) is 0 Å². The maximum atomic E-state index is 14.0. The fourth-order valence-corrected chi connectivity index (χ4v) is 2.86. The van der Waals surface area contributed by atoms with E-state index in [-0.39, 0.29) is 11.9 Å². The van der Waals surface area contributed by atoms with Gasteiger partial charge in [-0.25, -0.2) is 4.39 Å². The van der Waals surface area contributed by atoms with Crippen molar-refractivity contribution in [2.75, 3.05) is 6.54 Å². The van der Waals surface area contributed by atoms with Crippen molar-refractivity contribution in [1.82, 2.24) is 5.32 Å². The fraction of sp³-hybridized carbons (Fsp3) is 0.625. The second kappa shape index (κ2) is 8.70. The Morgan fingerprint density at radius 1 is 1.26 bits per heavy atom. The molecule has 0 fully saturated rings. The van der Waals surface area contributed by atoms with Crippen LogP contribution in [0.1, 0.15) is 58.1 Å². The van der Waals surface area contributed by atoms with Gasteiger partial charge >= 0.3 is 0 Å². The first-order valence-electron chi connectivity index (χ1n) is 7.23. The van der Waals surface area contributed by atoms with E-state index in [0.29, 0.717) is 5.92 Å². The molecule has 0 radical (unpaired) electrons. The molecule has 0 aliphatic heterocycles. The molecule has 1 atom stereocenters. The third-order valence-electron chi connectivity index (χ3n) is 3.26. The van der Waals surface area contributed by atoms with Gasteiger partial charge in [0.1, 0.15) is 5.82 Å². The monoisotopic (exact) mass is 329 g/mol. The van der Waals surface area contributed by atoms with E-state index < -0.39 is 0 Å². The van der Waals surface area contributed by atoms with Gasteiger partial charge in [0.2, 0.25) is 0 Å². The largest absolute Gasteiger partial charge is 0.310 e. The van der Waals surface area contributed by atoms with E-state index in [0.717, 1.165) is 35.8 Å². The van der Waals surface area contributed by atoms with Gasteiger partial charge in [-0.2, -0.15) is 0 Å². The SMILES string of the molecule is CCCNC(CCCC(C)C)c1c(F)cccc1Br. The highest BCUT2D eigenvalue weighted by molar-refractivity contribution is 9.10. The Morgan fingerprint density at radius 2 is 2.00 bits per heavy atom. The van der Waals surface area contributed by atoms with Crippen molar-refractivity contribution in [3.8, 4) is 0 Å². The second-order valence-corrected chi connectivity index (χ2v) is 6.32. The molecule has 0 heterocycles. The predicted molar refractivity (Wildman–Crippen MR) is 83.8 cm³/mol. The minimum Gasteiger partial charge on any atom is -0.310 e. The van der Waals surface area contributed by atoms with Gasteiger partial charge in [0.15, 0.2) is 0 Å². The first kappa shape index (κ1) is 16.6. The van der Waals surface area contributed by atoms with Crippen molar-refractivity contribution < 1.29 is 4.39 Å². The maximum Gasteiger partial charge on any atom is 0.129 e. The molecule has 0 saturated heterocycles. The average Bonchev–Trinajstić information content (AvgIpc) is 2.34. The number of rotatable bonds is 8. The molecule has 0 aliphatic carbocycles. The number of hydrogen-bond acceptors (Lipinski definition) is 1. The molecule has 3 heteroatoms. The molecular formula is C16H25BrFN. The summed E-state index contributed by atoms with van der Waals surface area (Å²) in [6.07, 6.45) is 4.36. The summed E-state index contributed by atoms with van der Waals surface area (Å²) in [5.41, 5.74) is 0.778. The van der Waals surface area contributed by atoms with Crippen LogP contribution < -0.4 is 5.32 Å². The van der Waals surface area contributed by atoms with Gasteiger partial charge in [0, 0.05) is 16.1 Å². The summed E-state index contributed by atoms with van der Waals surface area (Å²) in [6.45, 7) is 7.52. The molecule has 1 aromatic carbocycles. The maximum absolute atomic E-state index is 14.0. The van der Waals surface area contributed by atoms with Gasteiger partial charge < -0.3 is 5.32 Å². The van der Waals surface area contributed by atoms with Crippen molar-refractivity contribution >= 4 is 15.9 Å². The Hall–Kier alpha value is -0.410. The van der Waals surface area contributed by atoms with E-state index in [2.05, 4.69) is 42.0 Å². The van der Waals surface area contributed by atoms with Gasteiger partial charge in [0.25, 0.3) is 0 Å². The van der Waals surface area contributed by atoms with E-state index in [1.807, 2.05) is 6.07 Å². The summed E-state index contributed by atoms with van der Waals surface area (Å²) in [7, 11) is 0. The molecule has 0 bridgehead atoms. The molecule has 1 aromatic rings. The van der Waals surface area contributed by atoms with Gasteiger partial charge in [-0.15, -0.1) is 0 Å². The quantitative estimate of drug-likeness (QED) is 0.668. The van der Waals surface area contributed by atoms with Crippen molar-refractivity contribution in [3.63, 3.8) is 0 Å². The fourth-order valence-electron chi connectivity index (χ4n) is 2.24. The Kier molecular flexibility index (Phi) is 7.62. The summed E-state index contributed by atoms with van der Waals surface area (Å²) < 4.78 is 14.9. The number of hydrogen-bond donors (Lipinski definition) is 1. The van der Waals surface area contributed by atoms with E-state index in [4.69, 9.17) is 0 Å². The zero-order chi connectivity index (χ0) is 14.3. The molecule has 0 saturated carbocycles. The molecular weight excluding hydrogens is 305 g/mol. The highest BCUT2D eigenvalue weighted by Crippen LogP contribution is 2.30. The van der Waals surface area contributed by atoms with E-state index in [9.17, 15) is 4.39 Å². The molecule has 1 N–H and O–H groups in total. The average molecular weight is 330 g/mol. The molecule has 108 valence electrons. The molecule has 0 amide bonds. The summed E-state index contributed by atoms with van der Waals surface area (Å²) in [5, 5.41) is 3.47. The van der Waals surface area contributed by atoms with Crippen LogP contribution in [-0.4, -0.2) is 6.54 Å². The molecule has 1 rings (SSSR count). The molecule has 0 aromatic heterocycles. The minimum atomic E-state index is -0.118. The number of nitrogens with one attached hydrogen (secondary N) is 1. The zero-order valence-corrected chi connectivity index (χ0v) is 13.8. The number of halogens is 2. The van der Waals surface area contributed by atoms with Crippen LogP contribution in [0.4, 0.5) is 4.39 Å².